The quantitative estimate of drug-likeness (QED) is 0.444. The van der Waals surface area contributed by atoms with Crippen molar-refractivity contribution in [1.82, 2.24) is 0 Å². The zero-order chi connectivity index (χ0) is 12.7. The minimum absolute atomic E-state index is 0.350. The van der Waals surface area contributed by atoms with E-state index in [2.05, 4.69) is 19.6 Å². The maximum atomic E-state index is 10.9. The van der Waals surface area contributed by atoms with E-state index in [4.69, 9.17) is 5.11 Å². The van der Waals surface area contributed by atoms with Crippen LogP contribution in [0.25, 0.3) is 0 Å². The molecule has 0 bridgehead atoms. The van der Waals surface area contributed by atoms with Crippen LogP contribution in [0.15, 0.2) is 23.1 Å². The molecule has 0 saturated carbocycles. The second-order valence-corrected chi connectivity index (χ2v) is 6.35. The Labute approximate surface area is 115 Å². The molecule has 0 saturated heterocycles. The lowest BCUT2D eigenvalue weighted by Crippen LogP contribution is -2.00. The van der Waals surface area contributed by atoms with E-state index >= 15 is 0 Å². The summed E-state index contributed by atoms with van der Waals surface area (Å²) >= 11 is 4.17. The Morgan fingerprint density at radius 3 is 2.82 bits per heavy atom. The Hall–Kier alpha value is -0.260. The molecule has 1 N–H and O–H groups in total. The number of rotatable bonds is 7. The molecule has 0 radical (unpaired) electrons. The highest BCUT2D eigenvalue weighted by molar-refractivity contribution is 8.76. The molecule has 0 spiro atoms. The first-order chi connectivity index (χ1) is 8.19. The zero-order valence-corrected chi connectivity index (χ0v) is 12.2. The first kappa shape index (κ1) is 14.8. The summed E-state index contributed by atoms with van der Waals surface area (Å²) in [6, 6.07) is 5.44. The van der Waals surface area contributed by atoms with Gasteiger partial charge in [-0.3, -0.25) is 0 Å². The molecule has 17 heavy (non-hydrogen) atoms. The van der Waals surface area contributed by atoms with Crippen molar-refractivity contribution in [3.05, 3.63) is 29.3 Å². The summed E-state index contributed by atoms with van der Waals surface area (Å²) in [4.78, 5) is 12.0. The molecule has 0 atom stereocenters. The lowest BCUT2D eigenvalue weighted by atomic mass is 10.1. The fourth-order valence-corrected chi connectivity index (χ4v) is 3.80. The summed E-state index contributed by atoms with van der Waals surface area (Å²) in [5.41, 5.74) is 1.13. The number of aromatic carboxylic acids is 1. The van der Waals surface area contributed by atoms with E-state index in [1.54, 1.807) is 16.9 Å². The minimum Gasteiger partial charge on any atom is -0.478 e. The highest BCUT2D eigenvalue weighted by Gasteiger charge is 2.09. The fourth-order valence-electron chi connectivity index (χ4n) is 1.27. The van der Waals surface area contributed by atoms with Gasteiger partial charge < -0.3 is 5.11 Å². The molecule has 0 unspecified atom stereocenters. The maximum absolute atomic E-state index is 10.9. The average molecular weight is 288 g/mol. The SMILES string of the molecule is CCCCSSc1ccc(C(=O)O)c(CS)c1. The van der Waals surface area contributed by atoms with Gasteiger partial charge in [0.05, 0.1) is 5.56 Å². The van der Waals surface area contributed by atoms with Gasteiger partial charge >= 0.3 is 5.97 Å². The van der Waals surface area contributed by atoms with Gasteiger partial charge in [-0.25, -0.2) is 4.79 Å². The molecule has 1 aromatic carbocycles. The molecule has 1 aromatic rings. The summed E-state index contributed by atoms with van der Waals surface area (Å²) in [5, 5.41) is 8.99. The van der Waals surface area contributed by atoms with Crippen LogP contribution in [0.2, 0.25) is 0 Å². The lowest BCUT2D eigenvalue weighted by Gasteiger charge is -2.06. The van der Waals surface area contributed by atoms with E-state index < -0.39 is 5.97 Å². The van der Waals surface area contributed by atoms with E-state index in [1.807, 2.05) is 22.9 Å². The first-order valence-electron chi connectivity index (χ1n) is 5.45. The van der Waals surface area contributed by atoms with Crippen LogP contribution >= 0.6 is 34.2 Å². The number of unbranched alkanes of at least 4 members (excludes halogenated alkanes) is 1. The topological polar surface area (TPSA) is 37.3 Å². The average Bonchev–Trinajstić information content (AvgIpc) is 2.34. The normalized spacial score (nSPS) is 10.5. The van der Waals surface area contributed by atoms with Gasteiger partial charge in [0.2, 0.25) is 0 Å². The highest BCUT2D eigenvalue weighted by Crippen LogP contribution is 2.33. The van der Waals surface area contributed by atoms with Crippen LogP contribution in [0.3, 0.4) is 0 Å². The predicted octanol–water partition coefficient (Wildman–Crippen LogP) is 4.36. The Morgan fingerprint density at radius 2 is 2.24 bits per heavy atom. The standard InChI is InChI=1S/C12H16O2S3/c1-2-3-6-16-17-10-4-5-11(12(13)14)9(7-10)8-15/h4-5,7,15H,2-3,6,8H2,1H3,(H,13,14). The van der Waals surface area contributed by atoms with Crippen LogP contribution in [0, 0.1) is 0 Å². The smallest absolute Gasteiger partial charge is 0.335 e. The van der Waals surface area contributed by atoms with Gasteiger partial charge in [-0.1, -0.05) is 34.9 Å². The number of carboxylic acids is 1. The van der Waals surface area contributed by atoms with Crippen LogP contribution in [0.5, 0.6) is 0 Å². The Kier molecular flexibility index (Phi) is 6.92. The van der Waals surface area contributed by atoms with Crippen molar-refractivity contribution in [2.45, 2.75) is 30.4 Å². The van der Waals surface area contributed by atoms with Gasteiger partial charge in [0.25, 0.3) is 0 Å². The third-order valence-electron chi connectivity index (χ3n) is 2.21. The predicted molar refractivity (Wildman–Crippen MR) is 79.3 cm³/mol. The van der Waals surface area contributed by atoms with Crippen molar-refractivity contribution in [3.63, 3.8) is 0 Å². The molecule has 0 aliphatic heterocycles. The Morgan fingerprint density at radius 1 is 1.47 bits per heavy atom. The van der Waals surface area contributed by atoms with Crippen molar-refractivity contribution < 1.29 is 9.90 Å². The third kappa shape index (κ3) is 4.85. The van der Waals surface area contributed by atoms with Crippen LogP contribution in [-0.2, 0) is 5.75 Å². The van der Waals surface area contributed by atoms with Crippen molar-refractivity contribution in [2.24, 2.45) is 0 Å². The summed E-state index contributed by atoms with van der Waals surface area (Å²) in [5.74, 6) is 0.692. The first-order valence-corrected chi connectivity index (χ1v) is 8.40. The summed E-state index contributed by atoms with van der Waals surface area (Å²) in [6.07, 6.45) is 2.41. The van der Waals surface area contributed by atoms with Crippen LogP contribution < -0.4 is 0 Å². The minimum atomic E-state index is -0.885. The molecule has 0 fully saturated rings. The lowest BCUT2D eigenvalue weighted by molar-refractivity contribution is 0.0696. The number of carboxylic acid groups (broad SMARTS) is 1. The number of hydrogen-bond donors (Lipinski definition) is 2. The summed E-state index contributed by atoms with van der Waals surface area (Å²) < 4.78 is 0. The Balaban J connectivity index is 2.66. The van der Waals surface area contributed by atoms with E-state index in [0.717, 1.165) is 16.2 Å². The number of thiol groups is 1. The van der Waals surface area contributed by atoms with E-state index in [-0.39, 0.29) is 0 Å². The van der Waals surface area contributed by atoms with Gasteiger partial charge in [-0.2, -0.15) is 12.6 Å². The largest absolute Gasteiger partial charge is 0.478 e. The third-order valence-corrected chi connectivity index (χ3v) is 5.01. The number of carbonyl (C=O) groups is 1. The number of benzene rings is 1. The molecule has 0 amide bonds. The Bertz CT molecular complexity index is 380. The number of hydrogen-bond acceptors (Lipinski definition) is 4. The molecule has 0 aromatic heterocycles. The van der Waals surface area contributed by atoms with Crippen LogP contribution in [0.4, 0.5) is 0 Å². The van der Waals surface area contributed by atoms with Crippen LogP contribution in [-0.4, -0.2) is 16.8 Å². The molecule has 94 valence electrons. The van der Waals surface area contributed by atoms with Gasteiger partial charge in [0.15, 0.2) is 0 Å². The maximum Gasteiger partial charge on any atom is 0.335 e. The second kappa shape index (κ2) is 7.95. The van der Waals surface area contributed by atoms with Crippen molar-refractivity contribution >= 4 is 40.2 Å². The molecular weight excluding hydrogens is 272 g/mol. The molecule has 0 heterocycles. The summed E-state index contributed by atoms with van der Waals surface area (Å²) in [6.45, 7) is 2.17. The van der Waals surface area contributed by atoms with Crippen molar-refractivity contribution in [1.29, 1.82) is 0 Å². The van der Waals surface area contributed by atoms with Crippen molar-refractivity contribution in [3.8, 4) is 0 Å². The summed E-state index contributed by atoms with van der Waals surface area (Å²) in [7, 11) is 3.51. The van der Waals surface area contributed by atoms with Gasteiger partial charge in [-0.15, -0.1) is 0 Å². The molecule has 1 rings (SSSR count). The highest BCUT2D eigenvalue weighted by atomic mass is 33.1. The van der Waals surface area contributed by atoms with E-state index in [1.165, 1.54) is 12.8 Å². The molecular formula is C12H16O2S3. The van der Waals surface area contributed by atoms with Gasteiger partial charge in [0.1, 0.15) is 0 Å². The van der Waals surface area contributed by atoms with E-state index in [9.17, 15) is 4.79 Å². The zero-order valence-electron chi connectivity index (χ0n) is 9.68. The van der Waals surface area contributed by atoms with Crippen molar-refractivity contribution in [2.75, 3.05) is 5.75 Å². The molecule has 2 nitrogen and oxygen atoms in total. The van der Waals surface area contributed by atoms with E-state index in [0.29, 0.717) is 11.3 Å². The molecule has 0 aliphatic rings. The molecule has 5 heteroatoms. The monoisotopic (exact) mass is 288 g/mol. The molecule has 0 aliphatic carbocycles. The second-order valence-electron chi connectivity index (χ2n) is 3.54. The van der Waals surface area contributed by atoms with Gasteiger partial charge in [-0.05, 0) is 30.2 Å². The fraction of sp³-hybridized carbons (Fsp3) is 0.417. The van der Waals surface area contributed by atoms with Gasteiger partial charge in [0, 0.05) is 16.4 Å². The van der Waals surface area contributed by atoms with Crippen LogP contribution in [0.1, 0.15) is 35.7 Å².